The summed E-state index contributed by atoms with van der Waals surface area (Å²) in [4.78, 5) is 4.67. The smallest absolute Gasteiger partial charge is 0.200 e. The predicted molar refractivity (Wildman–Crippen MR) is 100 cm³/mol. The van der Waals surface area contributed by atoms with Crippen LogP contribution in [0.1, 0.15) is 11.1 Å². The van der Waals surface area contributed by atoms with E-state index < -0.39 is 5.75 Å². The van der Waals surface area contributed by atoms with E-state index in [1.807, 2.05) is 35.8 Å². The van der Waals surface area contributed by atoms with Crippen LogP contribution in [-0.2, 0) is 6.54 Å². The molecule has 0 amide bonds. The maximum absolute atomic E-state index is 9.88. The molecule has 4 rings (SSSR count). The number of fused-ring (bicyclic) bond motifs is 1. The molecule has 0 spiro atoms. The normalized spacial score (nSPS) is 11.1. The van der Waals surface area contributed by atoms with Crippen LogP contribution in [-0.4, -0.2) is 24.9 Å². The van der Waals surface area contributed by atoms with Crippen molar-refractivity contribution in [3.05, 3.63) is 71.8 Å². The maximum atomic E-state index is 9.88. The van der Waals surface area contributed by atoms with Crippen LogP contribution in [0.5, 0.6) is 17.2 Å². The third-order valence-corrected chi connectivity index (χ3v) is 4.44. The number of nitrogens with zero attached hydrogens (tertiary/aromatic N) is 2. The summed E-state index contributed by atoms with van der Waals surface area (Å²) < 4.78 is 2.03. The molecule has 0 atom stereocenters. The fourth-order valence-corrected chi connectivity index (χ4v) is 3.07. The maximum Gasteiger partial charge on any atom is 0.200 e. The van der Waals surface area contributed by atoms with Crippen LogP contribution in [0.2, 0.25) is 0 Å². The van der Waals surface area contributed by atoms with Gasteiger partial charge >= 0.3 is 0 Å². The van der Waals surface area contributed by atoms with Crippen molar-refractivity contribution in [2.75, 3.05) is 0 Å². The minimum atomic E-state index is -0.532. The highest BCUT2D eigenvalue weighted by molar-refractivity contribution is 5.81. The van der Waals surface area contributed by atoms with Gasteiger partial charge < -0.3 is 19.9 Å². The van der Waals surface area contributed by atoms with Crippen LogP contribution in [0, 0.1) is 6.92 Å². The van der Waals surface area contributed by atoms with Crippen molar-refractivity contribution in [1.29, 1.82) is 0 Å². The molecule has 0 fully saturated rings. The third-order valence-electron chi connectivity index (χ3n) is 4.44. The molecule has 1 heterocycles. The number of aromatic hydroxyl groups is 3. The van der Waals surface area contributed by atoms with E-state index in [9.17, 15) is 15.3 Å². The Hall–Kier alpha value is -3.47. The van der Waals surface area contributed by atoms with Crippen LogP contribution in [0.15, 0.2) is 60.7 Å². The van der Waals surface area contributed by atoms with Crippen LogP contribution >= 0.6 is 0 Å². The first-order chi connectivity index (χ1) is 12.5. The molecule has 5 nitrogen and oxygen atoms in total. The zero-order chi connectivity index (χ0) is 18.3. The molecule has 26 heavy (non-hydrogen) atoms. The van der Waals surface area contributed by atoms with E-state index >= 15 is 0 Å². The summed E-state index contributed by atoms with van der Waals surface area (Å²) in [6, 6.07) is 18.8. The molecule has 0 bridgehead atoms. The number of aryl methyl sites for hydroxylation is 1. The van der Waals surface area contributed by atoms with E-state index in [0.717, 1.165) is 16.6 Å². The summed E-state index contributed by atoms with van der Waals surface area (Å²) in [6.45, 7) is 2.64. The number of rotatable bonds is 3. The molecular weight excluding hydrogens is 328 g/mol. The van der Waals surface area contributed by atoms with E-state index in [1.165, 1.54) is 17.7 Å². The van der Waals surface area contributed by atoms with Gasteiger partial charge in [-0.3, -0.25) is 0 Å². The average molecular weight is 346 g/mol. The Morgan fingerprint density at radius 1 is 0.885 bits per heavy atom. The predicted octanol–water partition coefficient (Wildman–Crippen LogP) is 4.18. The zero-order valence-electron chi connectivity index (χ0n) is 14.2. The summed E-state index contributed by atoms with van der Waals surface area (Å²) in [5, 5.41) is 29.4. The Balaban J connectivity index is 1.90. The fourth-order valence-electron chi connectivity index (χ4n) is 3.07. The Labute approximate surface area is 150 Å². The lowest BCUT2D eigenvalue weighted by Gasteiger charge is -2.11. The molecule has 0 saturated heterocycles. The summed E-state index contributed by atoms with van der Waals surface area (Å²) in [5.74, 6) is -0.685. The largest absolute Gasteiger partial charge is 0.504 e. The van der Waals surface area contributed by atoms with Crippen LogP contribution in [0.4, 0.5) is 0 Å². The van der Waals surface area contributed by atoms with Gasteiger partial charge in [-0.25, -0.2) is 4.98 Å². The molecule has 130 valence electrons. The second kappa shape index (κ2) is 6.11. The number of phenols is 3. The number of benzene rings is 3. The second-order valence-electron chi connectivity index (χ2n) is 6.36. The lowest BCUT2D eigenvalue weighted by molar-refractivity contribution is 0.368. The van der Waals surface area contributed by atoms with Gasteiger partial charge in [-0.05, 0) is 36.8 Å². The van der Waals surface area contributed by atoms with Gasteiger partial charge in [0.1, 0.15) is 5.82 Å². The number of hydrogen-bond donors (Lipinski definition) is 3. The van der Waals surface area contributed by atoms with Crippen LogP contribution in [0.25, 0.3) is 22.4 Å². The lowest BCUT2D eigenvalue weighted by atomic mass is 10.1. The monoisotopic (exact) mass is 346 g/mol. The van der Waals surface area contributed by atoms with E-state index in [4.69, 9.17) is 0 Å². The number of hydrogen-bond acceptors (Lipinski definition) is 4. The third kappa shape index (κ3) is 2.73. The topological polar surface area (TPSA) is 78.5 Å². The van der Waals surface area contributed by atoms with Gasteiger partial charge in [0.25, 0.3) is 0 Å². The first-order valence-corrected chi connectivity index (χ1v) is 8.29. The highest BCUT2D eigenvalue weighted by Crippen LogP contribution is 2.39. The number of phenolic OH excluding ortho intramolecular Hbond substituents is 3. The quantitative estimate of drug-likeness (QED) is 0.486. The van der Waals surface area contributed by atoms with Gasteiger partial charge in [0.05, 0.1) is 11.0 Å². The molecule has 4 aromatic rings. The van der Waals surface area contributed by atoms with E-state index in [2.05, 4.69) is 29.2 Å². The van der Waals surface area contributed by atoms with Crippen molar-refractivity contribution in [3.63, 3.8) is 0 Å². The Morgan fingerprint density at radius 2 is 1.54 bits per heavy atom. The summed E-state index contributed by atoms with van der Waals surface area (Å²) in [6.07, 6.45) is 0. The Kier molecular flexibility index (Phi) is 3.77. The average Bonchev–Trinajstić information content (AvgIpc) is 3.00. The molecule has 5 heteroatoms. The van der Waals surface area contributed by atoms with Crippen molar-refractivity contribution in [2.24, 2.45) is 0 Å². The van der Waals surface area contributed by atoms with Crippen molar-refractivity contribution in [1.82, 2.24) is 9.55 Å². The SMILES string of the molecule is Cc1ccc(Cn2c(-c3cc(O)c(O)c(O)c3)nc3ccccc32)cc1. The zero-order valence-corrected chi connectivity index (χ0v) is 14.2. The van der Waals surface area contributed by atoms with Crippen molar-refractivity contribution in [3.8, 4) is 28.6 Å². The molecule has 0 aliphatic heterocycles. The molecule has 3 aromatic carbocycles. The fraction of sp³-hybridized carbons (Fsp3) is 0.0952. The molecule has 1 aromatic heterocycles. The van der Waals surface area contributed by atoms with E-state index in [1.54, 1.807) is 0 Å². The first kappa shape index (κ1) is 16.0. The van der Waals surface area contributed by atoms with Gasteiger partial charge in [0.15, 0.2) is 17.2 Å². The number of imidazole rings is 1. The molecule has 0 radical (unpaired) electrons. The lowest BCUT2D eigenvalue weighted by Crippen LogP contribution is -2.02. The second-order valence-corrected chi connectivity index (χ2v) is 6.36. The van der Waals surface area contributed by atoms with Crippen LogP contribution < -0.4 is 0 Å². The van der Waals surface area contributed by atoms with Gasteiger partial charge in [-0.2, -0.15) is 0 Å². The number of aromatic nitrogens is 2. The van der Waals surface area contributed by atoms with E-state index in [-0.39, 0.29) is 11.5 Å². The van der Waals surface area contributed by atoms with Crippen molar-refractivity contribution in [2.45, 2.75) is 13.5 Å². The highest BCUT2D eigenvalue weighted by Gasteiger charge is 2.16. The van der Waals surface area contributed by atoms with E-state index in [0.29, 0.717) is 17.9 Å². The first-order valence-electron chi connectivity index (χ1n) is 8.29. The Bertz CT molecular complexity index is 1080. The molecule has 3 N–H and O–H groups in total. The molecule has 0 aliphatic carbocycles. The van der Waals surface area contributed by atoms with Gasteiger partial charge in [0, 0.05) is 12.1 Å². The van der Waals surface area contributed by atoms with Gasteiger partial charge in [-0.15, -0.1) is 0 Å². The minimum Gasteiger partial charge on any atom is -0.504 e. The standard InChI is InChI=1S/C21H18N2O3/c1-13-6-8-14(9-7-13)12-23-17-5-3-2-4-16(17)22-21(23)15-10-18(24)20(26)19(25)11-15/h2-11,24-26H,12H2,1H3. The van der Waals surface area contributed by atoms with Crippen LogP contribution in [0.3, 0.4) is 0 Å². The highest BCUT2D eigenvalue weighted by atomic mass is 16.3. The van der Waals surface area contributed by atoms with Crippen molar-refractivity contribution < 1.29 is 15.3 Å². The molecular formula is C21H18N2O3. The molecule has 0 aliphatic rings. The minimum absolute atomic E-state index is 0.381. The summed E-state index contributed by atoms with van der Waals surface area (Å²) >= 11 is 0. The van der Waals surface area contributed by atoms with Crippen molar-refractivity contribution >= 4 is 11.0 Å². The number of para-hydroxylation sites is 2. The summed E-state index contributed by atoms with van der Waals surface area (Å²) in [5.41, 5.74) is 4.61. The Morgan fingerprint density at radius 3 is 2.23 bits per heavy atom. The molecule has 0 saturated carbocycles. The van der Waals surface area contributed by atoms with Gasteiger partial charge in [-0.1, -0.05) is 42.0 Å². The molecule has 0 unspecified atom stereocenters. The van der Waals surface area contributed by atoms with Gasteiger partial charge in [0.2, 0.25) is 0 Å². The summed E-state index contributed by atoms with van der Waals surface area (Å²) in [7, 11) is 0.